The van der Waals surface area contributed by atoms with E-state index < -0.39 is 17.9 Å². The Kier molecular flexibility index (Phi) is 7.33. The predicted molar refractivity (Wildman–Crippen MR) is 125 cm³/mol. The Morgan fingerprint density at radius 2 is 1.80 bits per heavy atom. The fourth-order valence-electron chi connectivity index (χ4n) is 3.05. The van der Waals surface area contributed by atoms with Crippen molar-refractivity contribution in [2.45, 2.75) is 12.5 Å². The quantitative estimate of drug-likeness (QED) is 0.416. The smallest absolute Gasteiger partial charge is 0.326 e. The third-order valence-corrected chi connectivity index (χ3v) is 5.57. The third-order valence-electron chi connectivity index (χ3n) is 4.59. The van der Waals surface area contributed by atoms with Gasteiger partial charge in [-0.1, -0.05) is 54.1 Å². The van der Waals surface area contributed by atoms with Crippen LogP contribution in [0.3, 0.4) is 0 Å². The van der Waals surface area contributed by atoms with Crippen molar-refractivity contribution in [2.75, 3.05) is 7.11 Å². The fraction of sp³-hybridized carbons (Fsp3) is 0.130. The lowest BCUT2D eigenvalue weighted by atomic mass is 10.00. The highest BCUT2D eigenvalue weighted by molar-refractivity contribution is 14.1. The van der Waals surface area contributed by atoms with Gasteiger partial charge in [0.15, 0.2) is 0 Å². The first kappa shape index (κ1) is 22.1. The summed E-state index contributed by atoms with van der Waals surface area (Å²) in [6.45, 7) is 0. The van der Waals surface area contributed by atoms with E-state index in [-0.39, 0.29) is 17.0 Å². The first-order chi connectivity index (χ1) is 14.4. The van der Waals surface area contributed by atoms with Crippen molar-refractivity contribution in [1.82, 2.24) is 5.32 Å². The maximum Gasteiger partial charge on any atom is 0.326 e. The first-order valence-electron chi connectivity index (χ1n) is 9.10. The molecule has 0 aliphatic heterocycles. The number of aliphatic carboxylic acids is 1. The summed E-state index contributed by atoms with van der Waals surface area (Å²) in [5, 5.41) is 12.4. The molecule has 154 valence electrons. The van der Waals surface area contributed by atoms with Crippen LogP contribution in [0.4, 0.5) is 0 Å². The van der Waals surface area contributed by atoms with Crippen molar-refractivity contribution in [3.8, 4) is 16.9 Å². The molecule has 0 saturated heterocycles. The number of carbonyl (C=O) groups is 2. The zero-order chi connectivity index (χ0) is 21.7. The number of ether oxygens (including phenoxy) is 1. The van der Waals surface area contributed by atoms with Crippen LogP contribution >= 0.6 is 34.2 Å². The van der Waals surface area contributed by atoms with Crippen LogP contribution in [0.5, 0.6) is 5.75 Å². The lowest BCUT2D eigenvalue weighted by Gasteiger charge is -2.16. The van der Waals surface area contributed by atoms with Gasteiger partial charge >= 0.3 is 5.97 Å². The van der Waals surface area contributed by atoms with Gasteiger partial charge in [-0.2, -0.15) is 0 Å². The summed E-state index contributed by atoms with van der Waals surface area (Å²) in [5.74, 6) is -0.872. The highest BCUT2D eigenvalue weighted by Crippen LogP contribution is 2.29. The van der Waals surface area contributed by atoms with Gasteiger partial charge in [-0.25, -0.2) is 4.79 Å². The van der Waals surface area contributed by atoms with Gasteiger partial charge in [-0.05, 0) is 58.0 Å². The van der Waals surface area contributed by atoms with E-state index in [0.29, 0.717) is 0 Å². The van der Waals surface area contributed by atoms with Gasteiger partial charge in [-0.15, -0.1) is 0 Å². The zero-order valence-corrected chi connectivity index (χ0v) is 19.0. The monoisotopic (exact) mass is 535 g/mol. The first-order valence-corrected chi connectivity index (χ1v) is 10.6. The molecule has 0 unspecified atom stereocenters. The van der Waals surface area contributed by atoms with Crippen LogP contribution in [0.15, 0.2) is 66.7 Å². The van der Waals surface area contributed by atoms with E-state index in [1.807, 2.05) is 48.5 Å². The summed E-state index contributed by atoms with van der Waals surface area (Å²) in [4.78, 5) is 24.2. The largest absolute Gasteiger partial charge is 0.496 e. The number of hydrogen-bond acceptors (Lipinski definition) is 3. The van der Waals surface area contributed by atoms with Gasteiger partial charge in [-0.3, -0.25) is 4.79 Å². The average molecular weight is 536 g/mol. The zero-order valence-electron chi connectivity index (χ0n) is 16.1. The number of halogens is 2. The minimum atomic E-state index is -1.11. The molecule has 5 nitrogen and oxygen atoms in total. The van der Waals surface area contributed by atoms with E-state index in [1.54, 1.807) is 25.3 Å². The summed E-state index contributed by atoms with van der Waals surface area (Å²) in [5.41, 5.74) is 2.94. The molecular formula is C23H19ClINO4. The Morgan fingerprint density at radius 1 is 1.10 bits per heavy atom. The molecule has 0 aromatic heterocycles. The van der Waals surface area contributed by atoms with E-state index in [1.165, 1.54) is 0 Å². The third kappa shape index (κ3) is 5.31. The van der Waals surface area contributed by atoms with Crippen molar-refractivity contribution in [2.24, 2.45) is 0 Å². The molecule has 1 amide bonds. The van der Waals surface area contributed by atoms with Crippen LogP contribution in [0.1, 0.15) is 15.9 Å². The molecule has 1 atom stereocenters. The van der Waals surface area contributed by atoms with Gasteiger partial charge in [0.25, 0.3) is 5.91 Å². The number of para-hydroxylation sites is 1. The molecular weight excluding hydrogens is 517 g/mol. The highest BCUT2D eigenvalue weighted by atomic mass is 127. The lowest BCUT2D eigenvalue weighted by molar-refractivity contribution is -0.139. The fourth-order valence-corrected chi connectivity index (χ4v) is 3.99. The SMILES string of the molecule is COc1ccccc1-c1ccc(C[C@H](NC(=O)c2ccc(I)cc2Cl)C(=O)O)cc1. The number of rotatable bonds is 7. The van der Waals surface area contributed by atoms with Gasteiger partial charge in [0, 0.05) is 15.6 Å². The maximum absolute atomic E-state index is 12.5. The summed E-state index contributed by atoms with van der Waals surface area (Å²) < 4.78 is 6.28. The molecule has 7 heteroatoms. The number of carbonyl (C=O) groups excluding carboxylic acids is 1. The topological polar surface area (TPSA) is 75.6 Å². The van der Waals surface area contributed by atoms with Crippen LogP contribution in [-0.2, 0) is 11.2 Å². The molecule has 0 bridgehead atoms. The number of carboxylic acids is 1. The molecule has 0 aliphatic rings. The number of hydrogen-bond donors (Lipinski definition) is 2. The molecule has 0 radical (unpaired) electrons. The van der Waals surface area contributed by atoms with E-state index >= 15 is 0 Å². The van der Waals surface area contributed by atoms with Crippen molar-refractivity contribution in [3.05, 3.63) is 86.4 Å². The maximum atomic E-state index is 12.5. The Bertz CT molecular complexity index is 1070. The summed E-state index contributed by atoms with van der Waals surface area (Å²) >= 11 is 8.21. The number of amides is 1. The average Bonchev–Trinajstić information content (AvgIpc) is 2.73. The van der Waals surface area contributed by atoms with Gasteiger partial charge in [0.2, 0.25) is 0 Å². The molecule has 2 N–H and O–H groups in total. The predicted octanol–water partition coefficient (Wildman–Crippen LogP) is 5.05. The summed E-state index contributed by atoms with van der Waals surface area (Å²) in [6.07, 6.45) is 0.148. The Morgan fingerprint density at radius 3 is 2.43 bits per heavy atom. The minimum absolute atomic E-state index is 0.148. The summed E-state index contributed by atoms with van der Waals surface area (Å²) in [7, 11) is 1.62. The molecule has 3 aromatic carbocycles. The van der Waals surface area contributed by atoms with Crippen LogP contribution < -0.4 is 10.1 Å². The Balaban J connectivity index is 1.75. The van der Waals surface area contributed by atoms with Crippen molar-refractivity contribution in [3.63, 3.8) is 0 Å². The van der Waals surface area contributed by atoms with E-state index in [0.717, 1.165) is 26.0 Å². The normalized spacial score (nSPS) is 11.6. The molecule has 30 heavy (non-hydrogen) atoms. The molecule has 0 fully saturated rings. The highest BCUT2D eigenvalue weighted by Gasteiger charge is 2.22. The molecule has 0 heterocycles. The molecule has 0 aliphatic carbocycles. The standard InChI is InChI=1S/C23H19ClINO4/c1-30-21-5-3-2-4-17(21)15-8-6-14(7-9-15)12-20(23(28)29)26-22(27)18-11-10-16(25)13-19(18)24/h2-11,13,20H,12H2,1H3,(H,26,27)(H,28,29)/t20-/m0/s1. The van der Waals surface area contributed by atoms with E-state index in [4.69, 9.17) is 16.3 Å². The van der Waals surface area contributed by atoms with Crippen LogP contribution in [0.2, 0.25) is 5.02 Å². The number of benzene rings is 3. The number of methoxy groups -OCH3 is 1. The number of carboxylic acid groups (broad SMARTS) is 1. The van der Waals surface area contributed by atoms with E-state index in [9.17, 15) is 14.7 Å². The molecule has 3 aromatic rings. The lowest BCUT2D eigenvalue weighted by Crippen LogP contribution is -2.42. The van der Waals surface area contributed by atoms with Gasteiger partial charge < -0.3 is 15.2 Å². The van der Waals surface area contributed by atoms with Crippen molar-refractivity contribution < 1.29 is 19.4 Å². The molecule has 0 saturated carbocycles. The molecule has 0 spiro atoms. The van der Waals surface area contributed by atoms with E-state index in [2.05, 4.69) is 27.9 Å². The minimum Gasteiger partial charge on any atom is -0.496 e. The second-order valence-electron chi connectivity index (χ2n) is 6.59. The van der Waals surface area contributed by atoms with Crippen molar-refractivity contribution in [1.29, 1.82) is 0 Å². The Hall–Kier alpha value is -2.58. The van der Waals surface area contributed by atoms with Crippen LogP contribution in [0, 0.1) is 3.57 Å². The Labute approximate surface area is 193 Å². The van der Waals surface area contributed by atoms with Crippen LogP contribution in [0.25, 0.3) is 11.1 Å². The number of nitrogens with one attached hydrogen (secondary N) is 1. The van der Waals surface area contributed by atoms with Gasteiger partial charge in [0.05, 0.1) is 17.7 Å². The second-order valence-corrected chi connectivity index (χ2v) is 8.24. The van der Waals surface area contributed by atoms with Crippen LogP contribution in [-0.4, -0.2) is 30.1 Å². The molecule has 3 rings (SSSR count). The van der Waals surface area contributed by atoms with Gasteiger partial charge in [0.1, 0.15) is 11.8 Å². The van der Waals surface area contributed by atoms with Crippen molar-refractivity contribution >= 4 is 46.1 Å². The summed E-state index contributed by atoms with van der Waals surface area (Å²) in [6, 6.07) is 19.1. The second kappa shape index (κ2) is 9.95.